The van der Waals surface area contributed by atoms with Gasteiger partial charge in [-0.2, -0.15) is 4.31 Å². The third-order valence-electron chi connectivity index (χ3n) is 4.50. The molecule has 0 radical (unpaired) electrons. The minimum Gasteiger partial charge on any atom is -0.493 e. The second-order valence-electron chi connectivity index (χ2n) is 6.37. The molecule has 0 N–H and O–H groups in total. The van der Waals surface area contributed by atoms with Crippen LogP contribution in [0.2, 0.25) is 5.02 Å². The fourth-order valence-electron chi connectivity index (χ4n) is 2.96. The summed E-state index contributed by atoms with van der Waals surface area (Å²) in [4.78, 5) is 0.123. The van der Waals surface area contributed by atoms with Crippen molar-refractivity contribution in [2.75, 3.05) is 14.2 Å². The molecule has 29 heavy (non-hydrogen) atoms. The lowest BCUT2D eigenvalue weighted by molar-refractivity contribution is 0.353. The molecular formula is C22H22ClNO4S. The maximum atomic E-state index is 13.5. The lowest BCUT2D eigenvalue weighted by Gasteiger charge is -2.23. The first-order chi connectivity index (χ1) is 14.0. The van der Waals surface area contributed by atoms with Crippen LogP contribution in [0.5, 0.6) is 11.5 Å². The average Bonchev–Trinajstić information content (AvgIpc) is 2.74. The second kappa shape index (κ2) is 9.31. The second-order valence-corrected chi connectivity index (χ2v) is 8.71. The smallest absolute Gasteiger partial charge is 0.243 e. The van der Waals surface area contributed by atoms with Gasteiger partial charge in [0.1, 0.15) is 0 Å². The molecule has 0 aliphatic carbocycles. The predicted octanol–water partition coefficient (Wildman–Crippen LogP) is 4.75. The largest absolute Gasteiger partial charge is 0.493 e. The van der Waals surface area contributed by atoms with Crippen molar-refractivity contribution in [2.24, 2.45) is 0 Å². The Morgan fingerprint density at radius 1 is 0.828 bits per heavy atom. The molecule has 5 nitrogen and oxygen atoms in total. The first-order valence-electron chi connectivity index (χ1n) is 8.95. The molecule has 0 spiro atoms. The summed E-state index contributed by atoms with van der Waals surface area (Å²) in [6.07, 6.45) is 0. The highest BCUT2D eigenvalue weighted by Gasteiger charge is 2.27. The molecule has 0 aliphatic rings. The number of ether oxygens (including phenoxy) is 2. The van der Waals surface area contributed by atoms with E-state index in [4.69, 9.17) is 21.1 Å². The van der Waals surface area contributed by atoms with Gasteiger partial charge in [-0.15, -0.1) is 0 Å². The summed E-state index contributed by atoms with van der Waals surface area (Å²) in [7, 11) is -0.856. The zero-order valence-electron chi connectivity index (χ0n) is 16.2. The topological polar surface area (TPSA) is 55.8 Å². The normalized spacial score (nSPS) is 11.4. The fraction of sp³-hybridized carbons (Fsp3) is 0.182. The minimum absolute atomic E-state index is 0.123. The molecular weight excluding hydrogens is 410 g/mol. The Hall–Kier alpha value is -2.54. The highest BCUT2D eigenvalue weighted by atomic mass is 35.5. The molecule has 0 amide bonds. The van der Waals surface area contributed by atoms with E-state index < -0.39 is 10.0 Å². The van der Waals surface area contributed by atoms with Crippen LogP contribution in [0.15, 0.2) is 77.7 Å². The first kappa shape index (κ1) is 21.2. The number of rotatable bonds is 8. The van der Waals surface area contributed by atoms with Crippen molar-refractivity contribution in [1.82, 2.24) is 4.31 Å². The molecule has 3 aromatic carbocycles. The van der Waals surface area contributed by atoms with Gasteiger partial charge < -0.3 is 9.47 Å². The van der Waals surface area contributed by atoms with Gasteiger partial charge in [0, 0.05) is 24.2 Å². The molecule has 0 saturated heterocycles. The summed E-state index contributed by atoms with van der Waals surface area (Å²) in [6.45, 7) is 0.355. The lowest BCUT2D eigenvalue weighted by atomic mass is 10.2. The Labute approximate surface area is 176 Å². The summed E-state index contributed by atoms with van der Waals surface area (Å²) in [5, 5.41) is 0.521. The lowest BCUT2D eigenvalue weighted by Crippen LogP contribution is -2.30. The molecule has 0 bridgehead atoms. The Morgan fingerprint density at radius 3 is 2.14 bits per heavy atom. The first-order valence-corrected chi connectivity index (χ1v) is 10.8. The van der Waals surface area contributed by atoms with E-state index >= 15 is 0 Å². The van der Waals surface area contributed by atoms with E-state index in [0.717, 1.165) is 11.1 Å². The highest BCUT2D eigenvalue weighted by Crippen LogP contribution is 2.32. The van der Waals surface area contributed by atoms with Crippen LogP contribution >= 0.6 is 11.6 Å². The van der Waals surface area contributed by atoms with E-state index in [1.54, 1.807) is 12.1 Å². The van der Waals surface area contributed by atoms with Crippen molar-refractivity contribution in [3.8, 4) is 11.5 Å². The standard InChI is InChI=1S/C22H22ClNO4S/c1-27-21-13-12-19(14-22(21)28-2)29(25,26)24(15-17-8-4-3-5-9-17)16-18-10-6-7-11-20(18)23/h3-14H,15-16H2,1-2H3. The van der Waals surface area contributed by atoms with Crippen LogP contribution < -0.4 is 9.47 Å². The third kappa shape index (κ3) is 4.90. The summed E-state index contributed by atoms with van der Waals surface area (Å²) in [6, 6.07) is 21.2. The van der Waals surface area contributed by atoms with Crippen LogP contribution in [0, 0.1) is 0 Å². The molecule has 3 rings (SSSR count). The third-order valence-corrected chi connectivity index (χ3v) is 6.66. The molecule has 0 heterocycles. The molecule has 152 valence electrons. The maximum absolute atomic E-state index is 13.5. The van der Waals surface area contributed by atoms with Gasteiger partial charge in [-0.25, -0.2) is 8.42 Å². The van der Waals surface area contributed by atoms with Gasteiger partial charge in [0.25, 0.3) is 0 Å². The van der Waals surface area contributed by atoms with E-state index in [1.165, 1.54) is 30.7 Å². The maximum Gasteiger partial charge on any atom is 0.243 e. The van der Waals surface area contributed by atoms with E-state index in [0.29, 0.717) is 16.5 Å². The van der Waals surface area contributed by atoms with Crippen molar-refractivity contribution in [3.05, 3.63) is 88.9 Å². The van der Waals surface area contributed by atoms with E-state index in [9.17, 15) is 8.42 Å². The van der Waals surface area contributed by atoms with E-state index in [-0.39, 0.29) is 18.0 Å². The zero-order valence-corrected chi connectivity index (χ0v) is 17.8. The zero-order chi connectivity index (χ0) is 20.9. The number of nitrogens with zero attached hydrogens (tertiary/aromatic N) is 1. The van der Waals surface area contributed by atoms with E-state index in [2.05, 4.69) is 0 Å². The SMILES string of the molecule is COc1ccc(S(=O)(=O)N(Cc2ccccc2)Cc2ccccc2Cl)cc1OC. The Kier molecular flexibility index (Phi) is 6.79. The monoisotopic (exact) mass is 431 g/mol. The van der Waals surface area contributed by atoms with Crippen molar-refractivity contribution >= 4 is 21.6 Å². The van der Waals surface area contributed by atoms with Gasteiger partial charge in [-0.05, 0) is 29.3 Å². The summed E-state index contributed by atoms with van der Waals surface area (Å²) >= 11 is 6.30. The van der Waals surface area contributed by atoms with Crippen molar-refractivity contribution < 1.29 is 17.9 Å². The van der Waals surface area contributed by atoms with Crippen molar-refractivity contribution in [3.63, 3.8) is 0 Å². The van der Waals surface area contributed by atoms with Gasteiger partial charge in [-0.1, -0.05) is 60.1 Å². The number of benzene rings is 3. The number of methoxy groups -OCH3 is 2. The molecule has 0 aliphatic heterocycles. The van der Waals surface area contributed by atoms with Crippen molar-refractivity contribution in [2.45, 2.75) is 18.0 Å². The van der Waals surface area contributed by atoms with Gasteiger partial charge >= 0.3 is 0 Å². The predicted molar refractivity (Wildman–Crippen MR) is 114 cm³/mol. The average molecular weight is 432 g/mol. The Bertz CT molecular complexity index is 1070. The van der Waals surface area contributed by atoms with Gasteiger partial charge in [0.15, 0.2) is 11.5 Å². The van der Waals surface area contributed by atoms with E-state index in [1.807, 2.05) is 48.5 Å². The Morgan fingerprint density at radius 2 is 1.48 bits per heavy atom. The van der Waals surface area contributed by atoms with Crippen LogP contribution in [-0.2, 0) is 23.1 Å². The highest BCUT2D eigenvalue weighted by molar-refractivity contribution is 7.89. The summed E-state index contributed by atoms with van der Waals surface area (Å²) in [5.74, 6) is 0.818. The molecule has 0 aromatic heterocycles. The molecule has 0 fully saturated rings. The van der Waals surface area contributed by atoms with Crippen LogP contribution in [0.3, 0.4) is 0 Å². The molecule has 7 heteroatoms. The number of hydrogen-bond donors (Lipinski definition) is 0. The minimum atomic E-state index is -3.83. The summed E-state index contributed by atoms with van der Waals surface area (Å²) in [5.41, 5.74) is 1.61. The van der Waals surface area contributed by atoms with Crippen LogP contribution in [0.1, 0.15) is 11.1 Å². The number of hydrogen-bond acceptors (Lipinski definition) is 4. The van der Waals surface area contributed by atoms with Crippen molar-refractivity contribution in [1.29, 1.82) is 0 Å². The molecule has 0 atom stereocenters. The van der Waals surface area contributed by atoms with Gasteiger partial charge in [-0.3, -0.25) is 0 Å². The summed E-state index contributed by atoms with van der Waals surface area (Å²) < 4.78 is 38.9. The number of halogens is 1. The van der Waals surface area contributed by atoms with Crippen LogP contribution in [-0.4, -0.2) is 26.9 Å². The van der Waals surface area contributed by atoms with Crippen LogP contribution in [0.4, 0.5) is 0 Å². The molecule has 0 unspecified atom stereocenters. The molecule has 0 saturated carbocycles. The van der Waals surface area contributed by atoms with Crippen LogP contribution in [0.25, 0.3) is 0 Å². The van der Waals surface area contributed by atoms with Gasteiger partial charge in [0.2, 0.25) is 10.0 Å². The molecule has 3 aromatic rings. The Balaban J connectivity index is 2.03. The van der Waals surface area contributed by atoms with Gasteiger partial charge in [0.05, 0.1) is 19.1 Å². The fourth-order valence-corrected chi connectivity index (χ4v) is 4.57. The quantitative estimate of drug-likeness (QED) is 0.516. The number of sulfonamides is 1.